The van der Waals surface area contributed by atoms with Gasteiger partial charge >= 0.3 is 0 Å². The Morgan fingerprint density at radius 2 is 0.950 bits per heavy atom. The van der Waals surface area contributed by atoms with Gasteiger partial charge in [0.2, 0.25) is 0 Å². The second-order valence-electron chi connectivity index (χ2n) is 5.16. The van der Waals surface area contributed by atoms with Crippen molar-refractivity contribution in [3.8, 4) is 0 Å². The molecule has 0 nitrogen and oxygen atoms in total. The van der Waals surface area contributed by atoms with E-state index < -0.39 is 0 Å². The normalized spacial score (nSPS) is 17.2. The van der Waals surface area contributed by atoms with E-state index in [0.717, 1.165) is 12.8 Å². The average molecular weight is 303 g/mol. The van der Waals surface area contributed by atoms with Gasteiger partial charge in [-0.05, 0) is 24.0 Å². The van der Waals surface area contributed by atoms with Gasteiger partial charge in [0, 0.05) is 0 Å². The van der Waals surface area contributed by atoms with Gasteiger partial charge in [0.05, 0.1) is 9.49 Å². The molecule has 0 radical (unpaired) electrons. The zero-order valence-corrected chi connectivity index (χ0v) is 13.9. The van der Waals surface area contributed by atoms with Crippen LogP contribution in [0.1, 0.15) is 37.8 Å². The third-order valence-corrected chi connectivity index (χ3v) is 6.30. The summed E-state index contributed by atoms with van der Waals surface area (Å²) in [4.78, 5) is 0. The zero-order valence-electron chi connectivity index (χ0n) is 12.1. The van der Waals surface area contributed by atoms with E-state index in [1.54, 1.807) is 0 Å². The third-order valence-electron chi connectivity index (χ3n) is 4.21. The topological polar surface area (TPSA) is 0 Å². The first-order chi connectivity index (χ1) is 9.58. The minimum atomic E-state index is -0.298. The Labute approximate surface area is 133 Å². The highest BCUT2D eigenvalue weighted by molar-refractivity contribution is 7.85. The lowest BCUT2D eigenvalue weighted by atomic mass is 9.76. The Hall–Kier alpha value is -0.860. The van der Waals surface area contributed by atoms with Crippen LogP contribution in [0.5, 0.6) is 0 Å². The average Bonchev–Trinajstić information content (AvgIpc) is 2.54. The van der Waals surface area contributed by atoms with E-state index in [-0.39, 0.29) is 9.49 Å². The van der Waals surface area contributed by atoms with Crippen molar-refractivity contribution in [3.63, 3.8) is 0 Å². The van der Waals surface area contributed by atoms with Crippen molar-refractivity contribution < 1.29 is 0 Å². The standard InChI is InChI=1S/C18H22S2/c1-3-17(19,15-11-7-5-8-12-15)18(20,4-2)16-13-9-6-10-14-16/h5-14,19-20H,3-4H2,1-2H3. The van der Waals surface area contributed by atoms with Gasteiger partial charge in [0.1, 0.15) is 0 Å². The summed E-state index contributed by atoms with van der Waals surface area (Å²) in [6.07, 6.45) is 1.85. The van der Waals surface area contributed by atoms with Crippen LogP contribution < -0.4 is 0 Å². The number of rotatable bonds is 5. The molecule has 0 fully saturated rings. The van der Waals surface area contributed by atoms with Crippen molar-refractivity contribution in [2.75, 3.05) is 0 Å². The van der Waals surface area contributed by atoms with Gasteiger partial charge in [-0.2, -0.15) is 25.3 Å². The first-order valence-corrected chi connectivity index (χ1v) is 8.03. The Bertz CT molecular complexity index is 486. The Morgan fingerprint density at radius 3 is 1.20 bits per heavy atom. The Kier molecular flexibility index (Phi) is 4.87. The van der Waals surface area contributed by atoms with E-state index >= 15 is 0 Å². The largest absolute Gasteiger partial charge is 0.166 e. The monoisotopic (exact) mass is 302 g/mol. The minimum Gasteiger partial charge on any atom is -0.166 e. The highest BCUT2D eigenvalue weighted by Gasteiger charge is 2.46. The van der Waals surface area contributed by atoms with Crippen molar-refractivity contribution in [2.24, 2.45) is 0 Å². The highest BCUT2D eigenvalue weighted by Crippen LogP contribution is 2.54. The summed E-state index contributed by atoms with van der Waals surface area (Å²) in [6.45, 7) is 4.37. The molecule has 2 aromatic rings. The fourth-order valence-corrected chi connectivity index (χ4v) is 3.77. The summed E-state index contributed by atoms with van der Waals surface area (Å²) in [5.41, 5.74) is 2.46. The van der Waals surface area contributed by atoms with Gasteiger partial charge in [-0.25, -0.2) is 0 Å². The van der Waals surface area contributed by atoms with E-state index in [0.29, 0.717) is 0 Å². The van der Waals surface area contributed by atoms with E-state index in [9.17, 15) is 0 Å². The Morgan fingerprint density at radius 1 is 0.650 bits per heavy atom. The van der Waals surface area contributed by atoms with E-state index in [2.05, 4.69) is 62.4 Å². The smallest absolute Gasteiger partial charge is 0.0560 e. The molecule has 0 heterocycles. The molecule has 0 saturated carbocycles. The van der Waals surface area contributed by atoms with Gasteiger partial charge in [0.15, 0.2) is 0 Å². The molecule has 0 aliphatic carbocycles. The summed E-state index contributed by atoms with van der Waals surface area (Å²) in [5, 5.41) is 0. The van der Waals surface area contributed by atoms with Crippen molar-refractivity contribution in [1.82, 2.24) is 0 Å². The molecule has 20 heavy (non-hydrogen) atoms. The van der Waals surface area contributed by atoms with E-state index in [4.69, 9.17) is 25.3 Å². The molecule has 0 aliphatic rings. The zero-order chi connectivity index (χ0) is 14.6. The van der Waals surface area contributed by atoms with Gasteiger partial charge in [-0.1, -0.05) is 74.5 Å². The van der Waals surface area contributed by atoms with Crippen LogP contribution in [0.2, 0.25) is 0 Å². The van der Waals surface area contributed by atoms with Crippen molar-refractivity contribution in [3.05, 3.63) is 71.8 Å². The van der Waals surface area contributed by atoms with Gasteiger partial charge in [-0.15, -0.1) is 0 Å². The number of benzene rings is 2. The summed E-state index contributed by atoms with van der Waals surface area (Å²) in [7, 11) is 0. The minimum absolute atomic E-state index is 0.298. The lowest BCUT2D eigenvalue weighted by Gasteiger charge is -2.45. The van der Waals surface area contributed by atoms with Crippen molar-refractivity contribution >= 4 is 25.3 Å². The molecule has 0 saturated heterocycles. The lowest BCUT2D eigenvalue weighted by molar-refractivity contribution is 0.425. The van der Waals surface area contributed by atoms with E-state index in [1.807, 2.05) is 12.1 Å². The first kappa shape index (κ1) is 15.5. The molecule has 2 atom stereocenters. The van der Waals surface area contributed by atoms with Crippen molar-refractivity contribution in [2.45, 2.75) is 36.2 Å². The molecule has 0 amide bonds. The van der Waals surface area contributed by atoms with E-state index in [1.165, 1.54) is 11.1 Å². The second-order valence-corrected chi connectivity index (χ2v) is 6.69. The molecule has 0 aromatic heterocycles. The van der Waals surface area contributed by atoms with Gasteiger partial charge < -0.3 is 0 Å². The molecule has 0 aliphatic heterocycles. The summed E-state index contributed by atoms with van der Waals surface area (Å²) >= 11 is 10.2. The maximum atomic E-state index is 5.10. The number of hydrogen-bond donors (Lipinski definition) is 2. The first-order valence-electron chi connectivity index (χ1n) is 7.14. The van der Waals surface area contributed by atoms with Crippen LogP contribution in [-0.4, -0.2) is 0 Å². The molecule has 0 bridgehead atoms. The predicted molar refractivity (Wildman–Crippen MR) is 94.8 cm³/mol. The van der Waals surface area contributed by atoms with Crippen molar-refractivity contribution in [1.29, 1.82) is 0 Å². The number of hydrogen-bond acceptors (Lipinski definition) is 2. The maximum absolute atomic E-state index is 5.10. The molecule has 106 valence electrons. The van der Waals surface area contributed by atoms with Crippen LogP contribution in [0.25, 0.3) is 0 Å². The number of thiol groups is 2. The molecular formula is C18H22S2. The van der Waals surface area contributed by atoms with Gasteiger partial charge in [-0.3, -0.25) is 0 Å². The third kappa shape index (κ3) is 2.51. The molecule has 2 rings (SSSR count). The predicted octanol–water partition coefficient (Wildman–Crippen LogP) is 5.46. The quantitative estimate of drug-likeness (QED) is 0.673. The van der Waals surface area contributed by atoms with Crippen LogP contribution in [-0.2, 0) is 9.49 Å². The van der Waals surface area contributed by atoms with Crippen LogP contribution in [0.3, 0.4) is 0 Å². The van der Waals surface area contributed by atoms with Crippen LogP contribution in [0.4, 0.5) is 0 Å². The lowest BCUT2D eigenvalue weighted by Crippen LogP contribution is -2.40. The molecule has 0 spiro atoms. The Balaban J connectivity index is 2.58. The fraction of sp³-hybridized carbons (Fsp3) is 0.333. The van der Waals surface area contributed by atoms with Crippen LogP contribution in [0.15, 0.2) is 60.7 Å². The molecule has 0 N–H and O–H groups in total. The molecular weight excluding hydrogens is 280 g/mol. The summed E-state index contributed by atoms with van der Waals surface area (Å²) < 4.78 is -0.596. The molecule has 2 aromatic carbocycles. The van der Waals surface area contributed by atoms with Gasteiger partial charge in [0.25, 0.3) is 0 Å². The SMILES string of the molecule is CCC(S)(c1ccccc1)C(S)(CC)c1ccccc1. The highest BCUT2D eigenvalue weighted by atomic mass is 32.1. The van der Waals surface area contributed by atoms with Crippen LogP contribution >= 0.6 is 25.3 Å². The summed E-state index contributed by atoms with van der Waals surface area (Å²) in [5.74, 6) is 0. The molecule has 2 heteroatoms. The van der Waals surface area contributed by atoms with Crippen LogP contribution in [0, 0.1) is 0 Å². The fourth-order valence-electron chi connectivity index (χ4n) is 2.90. The second kappa shape index (κ2) is 6.28. The molecule has 2 unspecified atom stereocenters. The summed E-state index contributed by atoms with van der Waals surface area (Å²) in [6, 6.07) is 21.0. The maximum Gasteiger partial charge on any atom is 0.0560 e.